The molecular weight excluding hydrogens is 260 g/mol. The highest BCUT2D eigenvalue weighted by Crippen LogP contribution is 2.29. The molecule has 0 radical (unpaired) electrons. The van der Waals surface area contributed by atoms with E-state index in [0.29, 0.717) is 6.42 Å². The molecule has 1 N–H and O–H groups in total. The molecule has 4 heteroatoms. The Bertz CT molecular complexity index is 350. The van der Waals surface area contributed by atoms with Crippen molar-refractivity contribution in [1.29, 1.82) is 0 Å². The molecule has 3 nitrogen and oxygen atoms in total. The number of hydrogen-bond donors (Lipinski definition) is 1. The molecule has 0 aliphatic rings. The second-order valence-corrected chi connectivity index (χ2v) is 4.03. The van der Waals surface area contributed by atoms with Crippen LogP contribution in [-0.4, -0.2) is 18.2 Å². The highest BCUT2D eigenvalue weighted by molar-refractivity contribution is 9.10. The molecule has 0 fully saturated rings. The van der Waals surface area contributed by atoms with Crippen molar-refractivity contribution in [2.75, 3.05) is 7.11 Å². The molecule has 0 aliphatic heterocycles. The van der Waals surface area contributed by atoms with E-state index >= 15 is 0 Å². The van der Waals surface area contributed by atoms with Gasteiger partial charge in [-0.05, 0) is 40.4 Å². The van der Waals surface area contributed by atoms with Gasteiger partial charge in [0.1, 0.15) is 5.75 Å². The van der Waals surface area contributed by atoms with Crippen LogP contribution < -0.4 is 4.74 Å². The fourth-order valence-electron chi connectivity index (χ4n) is 1.41. The van der Waals surface area contributed by atoms with Crippen LogP contribution in [0.2, 0.25) is 0 Å². The molecule has 15 heavy (non-hydrogen) atoms. The van der Waals surface area contributed by atoms with Crippen molar-refractivity contribution in [2.45, 2.75) is 19.3 Å². The summed E-state index contributed by atoms with van der Waals surface area (Å²) in [7, 11) is 1.61. The molecule has 0 unspecified atom stereocenters. The monoisotopic (exact) mass is 272 g/mol. The highest BCUT2D eigenvalue weighted by Gasteiger charge is 2.07. The number of rotatable bonds is 5. The van der Waals surface area contributed by atoms with Crippen molar-refractivity contribution in [3.63, 3.8) is 0 Å². The van der Waals surface area contributed by atoms with Gasteiger partial charge in [-0.15, -0.1) is 0 Å². The molecule has 0 spiro atoms. The van der Waals surface area contributed by atoms with Crippen molar-refractivity contribution in [2.24, 2.45) is 0 Å². The number of carboxylic acids is 1. The SMILES string of the molecule is COc1c(Br)cccc1CCCC(=O)O. The largest absolute Gasteiger partial charge is 0.495 e. The van der Waals surface area contributed by atoms with E-state index in [1.165, 1.54) is 0 Å². The lowest BCUT2D eigenvalue weighted by Crippen LogP contribution is -1.98. The van der Waals surface area contributed by atoms with Crippen molar-refractivity contribution in [1.82, 2.24) is 0 Å². The minimum Gasteiger partial charge on any atom is -0.495 e. The summed E-state index contributed by atoms with van der Waals surface area (Å²) in [4.78, 5) is 10.4. The molecule has 0 saturated carbocycles. The summed E-state index contributed by atoms with van der Waals surface area (Å²) < 4.78 is 6.14. The summed E-state index contributed by atoms with van der Waals surface area (Å²) in [5.41, 5.74) is 1.04. The molecule has 0 atom stereocenters. The topological polar surface area (TPSA) is 46.5 Å². The van der Waals surface area contributed by atoms with Gasteiger partial charge in [0.2, 0.25) is 0 Å². The minimum absolute atomic E-state index is 0.190. The number of hydrogen-bond acceptors (Lipinski definition) is 2. The standard InChI is InChI=1S/C11H13BrO3/c1-15-11-8(4-2-6-9(11)12)5-3-7-10(13)14/h2,4,6H,3,5,7H2,1H3,(H,13,14). The zero-order valence-electron chi connectivity index (χ0n) is 8.50. The number of ether oxygens (including phenoxy) is 1. The Morgan fingerprint density at radius 1 is 1.53 bits per heavy atom. The van der Waals surface area contributed by atoms with Crippen molar-refractivity contribution >= 4 is 21.9 Å². The zero-order valence-corrected chi connectivity index (χ0v) is 10.1. The van der Waals surface area contributed by atoms with Gasteiger partial charge in [0, 0.05) is 6.42 Å². The molecule has 1 aromatic carbocycles. The van der Waals surface area contributed by atoms with Gasteiger partial charge in [-0.1, -0.05) is 12.1 Å². The summed E-state index contributed by atoms with van der Waals surface area (Å²) in [5, 5.41) is 8.53. The lowest BCUT2D eigenvalue weighted by molar-refractivity contribution is -0.137. The Labute approximate surface area is 97.2 Å². The van der Waals surface area contributed by atoms with Gasteiger partial charge in [0.15, 0.2) is 0 Å². The van der Waals surface area contributed by atoms with Crippen molar-refractivity contribution < 1.29 is 14.6 Å². The minimum atomic E-state index is -0.760. The number of benzene rings is 1. The zero-order chi connectivity index (χ0) is 11.3. The highest BCUT2D eigenvalue weighted by atomic mass is 79.9. The van der Waals surface area contributed by atoms with Crippen LogP contribution in [0.4, 0.5) is 0 Å². The van der Waals surface area contributed by atoms with Gasteiger partial charge < -0.3 is 9.84 Å². The Kier molecular flexibility index (Phi) is 4.62. The molecule has 0 bridgehead atoms. The van der Waals surface area contributed by atoms with Gasteiger partial charge in [-0.3, -0.25) is 4.79 Å². The number of para-hydroxylation sites is 1. The Balaban J connectivity index is 2.67. The molecule has 1 rings (SSSR count). The van der Waals surface area contributed by atoms with Gasteiger partial charge in [0.25, 0.3) is 0 Å². The van der Waals surface area contributed by atoms with Crippen LogP contribution in [0.15, 0.2) is 22.7 Å². The van der Waals surface area contributed by atoms with Gasteiger partial charge in [-0.2, -0.15) is 0 Å². The van der Waals surface area contributed by atoms with E-state index in [9.17, 15) is 4.79 Å². The quantitative estimate of drug-likeness (QED) is 0.897. The average Bonchev–Trinajstić information content (AvgIpc) is 2.17. The number of halogens is 1. The molecule has 0 aromatic heterocycles. The van der Waals surface area contributed by atoms with Gasteiger partial charge >= 0.3 is 5.97 Å². The second-order valence-electron chi connectivity index (χ2n) is 3.18. The summed E-state index contributed by atoms with van der Waals surface area (Å²) >= 11 is 3.39. The van der Waals surface area contributed by atoms with Crippen molar-refractivity contribution in [3.8, 4) is 5.75 Å². The molecule has 0 heterocycles. The van der Waals surface area contributed by atoms with E-state index in [1.54, 1.807) is 7.11 Å². The third-order valence-electron chi connectivity index (χ3n) is 2.09. The Hall–Kier alpha value is -1.03. The van der Waals surface area contributed by atoms with Crippen LogP contribution in [0.5, 0.6) is 5.75 Å². The third kappa shape index (κ3) is 3.55. The summed E-state index contributed by atoms with van der Waals surface area (Å²) in [6, 6.07) is 5.77. The first-order chi connectivity index (χ1) is 7.15. The van der Waals surface area contributed by atoms with E-state index in [0.717, 1.165) is 22.2 Å². The lowest BCUT2D eigenvalue weighted by Gasteiger charge is -2.09. The van der Waals surface area contributed by atoms with Crippen LogP contribution in [0.3, 0.4) is 0 Å². The van der Waals surface area contributed by atoms with E-state index in [1.807, 2.05) is 18.2 Å². The smallest absolute Gasteiger partial charge is 0.303 e. The molecule has 0 aliphatic carbocycles. The number of carboxylic acid groups (broad SMARTS) is 1. The van der Waals surface area contributed by atoms with E-state index in [2.05, 4.69) is 15.9 Å². The molecule has 82 valence electrons. The lowest BCUT2D eigenvalue weighted by atomic mass is 10.1. The first-order valence-corrected chi connectivity index (χ1v) is 5.47. The molecule has 1 aromatic rings. The van der Waals surface area contributed by atoms with E-state index in [-0.39, 0.29) is 6.42 Å². The maximum absolute atomic E-state index is 10.4. The van der Waals surface area contributed by atoms with Crippen LogP contribution in [0.25, 0.3) is 0 Å². The summed E-state index contributed by atoms with van der Waals surface area (Å²) in [6.45, 7) is 0. The van der Waals surface area contributed by atoms with Crippen LogP contribution in [-0.2, 0) is 11.2 Å². The fraction of sp³-hybridized carbons (Fsp3) is 0.364. The maximum Gasteiger partial charge on any atom is 0.303 e. The Morgan fingerprint density at radius 2 is 2.27 bits per heavy atom. The predicted molar refractivity (Wildman–Crippen MR) is 61.3 cm³/mol. The first kappa shape index (κ1) is 12.0. The van der Waals surface area contributed by atoms with Crippen LogP contribution in [0.1, 0.15) is 18.4 Å². The third-order valence-corrected chi connectivity index (χ3v) is 2.71. The number of aliphatic carboxylic acids is 1. The van der Waals surface area contributed by atoms with E-state index in [4.69, 9.17) is 9.84 Å². The fourth-order valence-corrected chi connectivity index (χ4v) is 1.98. The maximum atomic E-state index is 10.4. The van der Waals surface area contributed by atoms with E-state index < -0.39 is 5.97 Å². The average molecular weight is 273 g/mol. The normalized spacial score (nSPS) is 10.0. The van der Waals surface area contributed by atoms with Crippen LogP contribution >= 0.6 is 15.9 Å². The van der Waals surface area contributed by atoms with Gasteiger partial charge in [-0.25, -0.2) is 0 Å². The summed E-state index contributed by atoms with van der Waals surface area (Å²) in [6.07, 6.45) is 1.53. The second kappa shape index (κ2) is 5.75. The molecule has 0 saturated heterocycles. The van der Waals surface area contributed by atoms with Gasteiger partial charge in [0.05, 0.1) is 11.6 Å². The first-order valence-electron chi connectivity index (χ1n) is 4.68. The predicted octanol–water partition coefficient (Wildman–Crippen LogP) is 2.87. The molecule has 0 amide bonds. The summed E-state index contributed by atoms with van der Waals surface area (Å²) in [5.74, 6) is 0.0341. The number of methoxy groups -OCH3 is 1. The van der Waals surface area contributed by atoms with Crippen LogP contribution in [0, 0.1) is 0 Å². The number of carbonyl (C=O) groups is 1. The molecular formula is C11H13BrO3. The number of aryl methyl sites for hydroxylation is 1. The Morgan fingerprint density at radius 3 is 2.87 bits per heavy atom. The van der Waals surface area contributed by atoms with Crippen molar-refractivity contribution in [3.05, 3.63) is 28.2 Å².